The molecule has 0 saturated heterocycles. The van der Waals surface area contributed by atoms with Crippen molar-refractivity contribution in [1.82, 2.24) is 0 Å². The Labute approximate surface area is 366 Å². The number of unbranched alkanes of at least 4 members (excludes halogenated alkanes) is 21. The summed E-state index contributed by atoms with van der Waals surface area (Å²) >= 11 is 0. The van der Waals surface area contributed by atoms with Crippen molar-refractivity contribution in [3.63, 3.8) is 0 Å². The number of carbonyl (C=O) groups is 1. The van der Waals surface area contributed by atoms with Crippen LogP contribution < -0.4 is 0 Å². The van der Waals surface area contributed by atoms with Crippen molar-refractivity contribution in [2.75, 3.05) is 19.8 Å². The molecule has 0 aromatic carbocycles. The third-order valence-electron chi connectivity index (χ3n) is 10.4. The molecule has 338 valence electrons. The molecular formula is C55H94O4. The van der Waals surface area contributed by atoms with Crippen LogP contribution in [0.4, 0.5) is 0 Å². The molecule has 0 aromatic rings. The second-order valence-corrected chi connectivity index (χ2v) is 16.2. The molecule has 1 N–H and O–H groups in total. The van der Waals surface area contributed by atoms with Gasteiger partial charge in [0.25, 0.3) is 0 Å². The molecule has 0 fully saturated rings. The van der Waals surface area contributed by atoms with E-state index in [0.717, 1.165) is 83.5 Å². The lowest BCUT2D eigenvalue weighted by molar-refractivity contribution is -0.154. The van der Waals surface area contributed by atoms with Crippen molar-refractivity contribution in [1.29, 1.82) is 0 Å². The highest BCUT2D eigenvalue weighted by molar-refractivity contribution is 5.69. The molecule has 0 rings (SSSR count). The molecule has 1 unspecified atom stereocenters. The Morgan fingerprint density at radius 2 is 0.763 bits per heavy atom. The zero-order chi connectivity index (χ0) is 42.6. The Hall–Kier alpha value is -2.69. The number of hydrogen-bond acceptors (Lipinski definition) is 4. The van der Waals surface area contributed by atoms with Crippen LogP contribution in [0.1, 0.15) is 219 Å². The smallest absolute Gasteiger partial charge is 0.306 e. The largest absolute Gasteiger partial charge is 0.457 e. The fourth-order valence-electron chi connectivity index (χ4n) is 6.71. The number of ether oxygens (including phenoxy) is 2. The standard InChI is InChI=1S/C55H94O4/c1-3-5-7-9-11-13-15-17-19-21-23-25-27-28-29-30-32-34-36-38-40-42-44-46-48-50-55(57)59-54(52-56)53-58-51-49-47-45-43-41-39-37-35-33-31-26-24-22-20-18-16-14-12-10-8-6-4-2/h6,8,12,14-15,17-18,20-21,23-24,26,33,35,39,41,54,56H,3-5,7,9-11,13,16,19,22,25,27-32,34,36-38,40,42-53H2,1-2H3/b8-6-,14-12-,17-15-,20-18-,23-21-,26-24-,35-33-,41-39-. The van der Waals surface area contributed by atoms with Crippen LogP contribution in [0.5, 0.6) is 0 Å². The lowest BCUT2D eigenvalue weighted by Gasteiger charge is -2.15. The van der Waals surface area contributed by atoms with E-state index < -0.39 is 6.10 Å². The maximum atomic E-state index is 12.3. The summed E-state index contributed by atoms with van der Waals surface area (Å²) in [7, 11) is 0. The van der Waals surface area contributed by atoms with Gasteiger partial charge in [0.15, 0.2) is 0 Å². The van der Waals surface area contributed by atoms with E-state index in [4.69, 9.17) is 9.47 Å². The molecule has 4 heteroatoms. The van der Waals surface area contributed by atoms with Gasteiger partial charge in [-0.25, -0.2) is 0 Å². The molecule has 0 aromatic heterocycles. The number of rotatable bonds is 45. The number of hydrogen-bond donors (Lipinski definition) is 1. The molecule has 59 heavy (non-hydrogen) atoms. The number of aliphatic hydroxyl groups excluding tert-OH is 1. The fraction of sp³-hybridized carbons (Fsp3) is 0.691. The highest BCUT2D eigenvalue weighted by Crippen LogP contribution is 2.14. The molecular weight excluding hydrogens is 725 g/mol. The van der Waals surface area contributed by atoms with Gasteiger partial charge in [0, 0.05) is 13.0 Å². The van der Waals surface area contributed by atoms with Crippen molar-refractivity contribution < 1.29 is 19.4 Å². The topological polar surface area (TPSA) is 55.8 Å². The molecule has 0 spiro atoms. The average molecular weight is 819 g/mol. The van der Waals surface area contributed by atoms with E-state index in [1.54, 1.807) is 0 Å². The van der Waals surface area contributed by atoms with E-state index in [9.17, 15) is 9.90 Å². The van der Waals surface area contributed by atoms with Crippen molar-refractivity contribution in [2.45, 2.75) is 225 Å². The number of allylic oxidation sites excluding steroid dienone is 16. The van der Waals surface area contributed by atoms with E-state index in [2.05, 4.69) is 111 Å². The number of esters is 1. The van der Waals surface area contributed by atoms with Crippen LogP contribution in [0, 0.1) is 0 Å². The second-order valence-electron chi connectivity index (χ2n) is 16.2. The molecule has 0 radical (unpaired) electrons. The predicted molar refractivity (Wildman–Crippen MR) is 260 cm³/mol. The quantitative estimate of drug-likeness (QED) is 0.0378. The van der Waals surface area contributed by atoms with Gasteiger partial charge in [-0.2, -0.15) is 0 Å². The van der Waals surface area contributed by atoms with Crippen LogP contribution in [-0.4, -0.2) is 37.0 Å². The van der Waals surface area contributed by atoms with E-state index in [0.29, 0.717) is 13.0 Å². The Balaban J connectivity index is 3.51. The van der Waals surface area contributed by atoms with Gasteiger partial charge in [0.2, 0.25) is 0 Å². The summed E-state index contributed by atoms with van der Waals surface area (Å²) in [6.07, 6.45) is 73.5. The summed E-state index contributed by atoms with van der Waals surface area (Å²) in [4.78, 5) is 12.3. The SMILES string of the molecule is CC/C=C\C/C=C\C/C=C\C/C=C\C/C=C\C/C=C\CCCCCOCC(CO)OC(=O)CCCCCCCCCCCCCCC/C=C\C/C=C\CCCCCCC. The first-order valence-corrected chi connectivity index (χ1v) is 24.8. The maximum Gasteiger partial charge on any atom is 0.306 e. The number of aliphatic hydroxyl groups is 1. The Morgan fingerprint density at radius 3 is 1.15 bits per heavy atom. The molecule has 0 aliphatic heterocycles. The van der Waals surface area contributed by atoms with Crippen LogP contribution in [0.25, 0.3) is 0 Å². The zero-order valence-electron chi connectivity index (χ0n) is 38.7. The lowest BCUT2D eigenvalue weighted by Crippen LogP contribution is -2.27. The molecule has 1 atom stereocenters. The third kappa shape index (κ3) is 49.6. The van der Waals surface area contributed by atoms with Gasteiger partial charge < -0.3 is 14.6 Å². The van der Waals surface area contributed by atoms with Gasteiger partial charge >= 0.3 is 5.97 Å². The summed E-state index contributed by atoms with van der Waals surface area (Å²) in [5.41, 5.74) is 0. The number of carbonyl (C=O) groups excluding carboxylic acids is 1. The Kier molecular flexibility index (Phi) is 49.1. The van der Waals surface area contributed by atoms with Gasteiger partial charge in [-0.15, -0.1) is 0 Å². The average Bonchev–Trinajstić information content (AvgIpc) is 3.24. The molecule has 0 saturated carbocycles. The van der Waals surface area contributed by atoms with Crippen LogP contribution in [0.2, 0.25) is 0 Å². The minimum absolute atomic E-state index is 0.191. The van der Waals surface area contributed by atoms with Gasteiger partial charge in [-0.3, -0.25) is 4.79 Å². The van der Waals surface area contributed by atoms with Crippen molar-refractivity contribution in [3.05, 3.63) is 97.2 Å². The monoisotopic (exact) mass is 819 g/mol. The Morgan fingerprint density at radius 1 is 0.424 bits per heavy atom. The summed E-state index contributed by atoms with van der Waals surface area (Å²) < 4.78 is 11.2. The van der Waals surface area contributed by atoms with Gasteiger partial charge in [-0.1, -0.05) is 214 Å². The van der Waals surface area contributed by atoms with E-state index in [1.165, 1.54) is 116 Å². The highest BCUT2D eigenvalue weighted by atomic mass is 16.6. The van der Waals surface area contributed by atoms with Crippen LogP contribution in [0.15, 0.2) is 97.2 Å². The van der Waals surface area contributed by atoms with Crippen molar-refractivity contribution >= 4 is 5.97 Å². The summed E-state index contributed by atoms with van der Waals surface area (Å²) in [6, 6.07) is 0. The summed E-state index contributed by atoms with van der Waals surface area (Å²) in [5, 5.41) is 9.64. The highest BCUT2D eigenvalue weighted by Gasteiger charge is 2.13. The first kappa shape index (κ1) is 56.3. The van der Waals surface area contributed by atoms with Crippen molar-refractivity contribution in [3.8, 4) is 0 Å². The van der Waals surface area contributed by atoms with Gasteiger partial charge in [-0.05, 0) is 96.3 Å². The Bertz CT molecular complexity index is 1090. The first-order valence-electron chi connectivity index (χ1n) is 24.8. The molecule has 0 bridgehead atoms. The minimum atomic E-state index is -0.560. The molecule has 0 aliphatic carbocycles. The van der Waals surface area contributed by atoms with Crippen molar-refractivity contribution in [2.24, 2.45) is 0 Å². The van der Waals surface area contributed by atoms with E-state index >= 15 is 0 Å². The zero-order valence-corrected chi connectivity index (χ0v) is 38.7. The summed E-state index contributed by atoms with van der Waals surface area (Å²) in [5.74, 6) is -0.216. The molecule has 0 amide bonds. The van der Waals surface area contributed by atoms with Crippen LogP contribution in [-0.2, 0) is 14.3 Å². The summed E-state index contributed by atoms with van der Waals surface area (Å²) in [6.45, 7) is 5.15. The predicted octanol–water partition coefficient (Wildman–Crippen LogP) is 16.9. The van der Waals surface area contributed by atoms with Gasteiger partial charge in [0.05, 0.1) is 13.2 Å². The first-order chi connectivity index (χ1) is 29.2. The molecule has 0 heterocycles. The fourth-order valence-corrected chi connectivity index (χ4v) is 6.71. The third-order valence-corrected chi connectivity index (χ3v) is 10.4. The maximum absolute atomic E-state index is 12.3. The van der Waals surface area contributed by atoms with E-state index in [-0.39, 0.29) is 19.2 Å². The van der Waals surface area contributed by atoms with Gasteiger partial charge in [0.1, 0.15) is 6.10 Å². The van der Waals surface area contributed by atoms with Crippen LogP contribution in [0.3, 0.4) is 0 Å². The minimum Gasteiger partial charge on any atom is -0.457 e. The second kappa shape index (κ2) is 51.5. The lowest BCUT2D eigenvalue weighted by atomic mass is 10.0. The normalized spacial score (nSPS) is 13.2. The molecule has 0 aliphatic rings. The molecule has 4 nitrogen and oxygen atoms in total. The van der Waals surface area contributed by atoms with E-state index in [1.807, 2.05) is 0 Å². The van der Waals surface area contributed by atoms with Crippen LogP contribution >= 0.6 is 0 Å².